The van der Waals surface area contributed by atoms with E-state index in [-0.39, 0.29) is 12.3 Å². The van der Waals surface area contributed by atoms with Crippen molar-refractivity contribution in [1.29, 1.82) is 0 Å². The Kier molecular flexibility index (Phi) is 4.76. The number of benzene rings is 2. The Morgan fingerprint density at radius 2 is 1.70 bits per heavy atom. The van der Waals surface area contributed by atoms with Crippen LogP contribution in [0.3, 0.4) is 0 Å². The third-order valence-corrected chi connectivity index (χ3v) is 4.10. The summed E-state index contributed by atoms with van der Waals surface area (Å²) in [5.41, 5.74) is 0.857. The van der Waals surface area contributed by atoms with Crippen molar-refractivity contribution in [3.8, 4) is 11.5 Å². The molecule has 0 fully saturated rings. The number of nitrogens with one attached hydrogen (secondary N) is 1. The smallest absolute Gasteiger partial charge is 0.211 e. The Labute approximate surface area is 119 Å². The quantitative estimate of drug-likeness (QED) is 0.890. The van der Waals surface area contributed by atoms with Crippen LogP contribution in [0.5, 0.6) is 11.5 Å². The van der Waals surface area contributed by atoms with E-state index in [1.807, 2.05) is 54.6 Å². The first-order valence-corrected chi connectivity index (χ1v) is 8.03. The molecule has 2 aromatic carbocycles. The fourth-order valence-corrected chi connectivity index (χ4v) is 2.23. The molecule has 0 aliphatic carbocycles. The first-order chi connectivity index (χ1) is 9.59. The molecule has 0 saturated heterocycles. The molecule has 106 valence electrons. The number of hydrogen-bond acceptors (Lipinski definition) is 3. The van der Waals surface area contributed by atoms with Gasteiger partial charge in [0.25, 0.3) is 0 Å². The van der Waals surface area contributed by atoms with E-state index < -0.39 is 10.0 Å². The maximum Gasteiger partial charge on any atom is 0.211 e. The lowest BCUT2D eigenvalue weighted by Crippen LogP contribution is -2.24. The summed E-state index contributed by atoms with van der Waals surface area (Å²) in [5, 5.41) is 0. The van der Waals surface area contributed by atoms with Crippen LogP contribution in [-0.2, 0) is 16.6 Å². The van der Waals surface area contributed by atoms with Gasteiger partial charge < -0.3 is 4.74 Å². The maximum atomic E-state index is 11.4. The van der Waals surface area contributed by atoms with Crippen molar-refractivity contribution in [1.82, 2.24) is 4.72 Å². The van der Waals surface area contributed by atoms with Crippen LogP contribution >= 0.6 is 0 Å². The van der Waals surface area contributed by atoms with Crippen LogP contribution in [0.15, 0.2) is 54.6 Å². The van der Waals surface area contributed by atoms with Gasteiger partial charge in [-0.3, -0.25) is 0 Å². The van der Waals surface area contributed by atoms with Crippen LogP contribution < -0.4 is 9.46 Å². The minimum absolute atomic E-state index is 0.0766. The van der Waals surface area contributed by atoms with Crippen LogP contribution in [0.25, 0.3) is 0 Å². The molecule has 0 amide bonds. The Balaban J connectivity index is 2.05. The van der Waals surface area contributed by atoms with E-state index in [1.54, 1.807) is 6.92 Å². The van der Waals surface area contributed by atoms with Gasteiger partial charge in [-0.05, 0) is 36.8 Å². The van der Waals surface area contributed by atoms with Gasteiger partial charge in [0.2, 0.25) is 10.0 Å². The second-order valence-electron chi connectivity index (χ2n) is 4.29. The third-order valence-electron chi connectivity index (χ3n) is 2.75. The molecular formula is C15H17NO3S. The zero-order valence-corrected chi connectivity index (χ0v) is 12.1. The highest BCUT2D eigenvalue weighted by molar-refractivity contribution is 7.89. The van der Waals surface area contributed by atoms with E-state index in [0.29, 0.717) is 5.75 Å². The first kappa shape index (κ1) is 14.6. The summed E-state index contributed by atoms with van der Waals surface area (Å²) in [7, 11) is -3.18. The topological polar surface area (TPSA) is 55.4 Å². The van der Waals surface area contributed by atoms with Crippen molar-refractivity contribution in [3.05, 3.63) is 60.2 Å². The molecule has 0 aromatic heterocycles. The van der Waals surface area contributed by atoms with Crippen molar-refractivity contribution in [2.45, 2.75) is 13.5 Å². The molecule has 20 heavy (non-hydrogen) atoms. The van der Waals surface area contributed by atoms with E-state index >= 15 is 0 Å². The minimum atomic E-state index is -3.18. The fourth-order valence-electron chi connectivity index (χ4n) is 1.64. The highest BCUT2D eigenvalue weighted by atomic mass is 32.2. The van der Waals surface area contributed by atoms with E-state index in [0.717, 1.165) is 11.3 Å². The van der Waals surface area contributed by atoms with Gasteiger partial charge >= 0.3 is 0 Å². The fraction of sp³-hybridized carbons (Fsp3) is 0.200. The molecule has 0 aliphatic rings. The van der Waals surface area contributed by atoms with E-state index in [4.69, 9.17) is 4.74 Å². The van der Waals surface area contributed by atoms with Gasteiger partial charge in [0, 0.05) is 6.54 Å². The molecule has 2 rings (SSSR count). The predicted octanol–water partition coefficient (Wildman–Crippen LogP) is 2.92. The molecule has 0 heterocycles. The Bertz CT molecular complexity index is 654. The highest BCUT2D eigenvalue weighted by Crippen LogP contribution is 2.21. The summed E-state index contributed by atoms with van der Waals surface area (Å²) in [6, 6.07) is 16.8. The van der Waals surface area contributed by atoms with Crippen molar-refractivity contribution in [3.63, 3.8) is 0 Å². The molecule has 0 spiro atoms. The zero-order valence-electron chi connectivity index (χ0n) is 11.2. The first-order valence-electron chi connectivity index (χ1n) is 6.38. The molecule has 0 saturated carbocycles. The number of rotatable bonds is 6. The van der Waals surface area contributed by atoms with Crippen LogP contribution in [-0.4, -0.2) is 14.2 Å². The molecule has 1 N–H and O–H groups in total. The number of sulfonamides is 1. The Morgan fingerprint density at radius 1 is 1.00 bits per heavy atom. The highest BCUT2D eigenvalue weighted by Gasteiger charge is 2.06. The molecule has 0 aliphatic heterocycles. The van der Waals surface area contributed by atoms with Gasteiger partial charge in [-0.1, -0.05) is 30.3 Å². The Morgan fingerprint density at radius 3 is 2.40 bits per heavy atom. The van der Waals surface area contributed by atoms with Gasteiger partial charge in [0.05, 0.1) is 5.75 Å². The molecule has 0 unspecified atom stereocenters. The molecule has 2 aromatic rings. The van der Waals surface area contributed by atoms with Crippen LogP contribution in [0.1, 0.15) is 12.5 Å². The Hall–Kier alpha value is -1.85. The lowest BCUT2D eigenvalue weighted by atomic mass is 10.2. The predicted molar refractivity (Wildman–Crippen MR) is 79.3 cm³/mol. The second-order valence-corrected chi connectivity index (χ2v) is 6.38. The van der Waals surface area contributed by atoms with Crippen molar-refractivity contribution < 1.29 is 13.2 Å². The molecule has 0 atom stereocenters. The van der Waals surface area contributed by atoms with E-state index in [1.165, 1.54) is 0 Å². The summed E-state index contributed by atoms with van der Waals surface area (Å²) < 4.78 is 31.0. The van der Waals surface area contributed by atoms with Gasteiger partial charge in [0.15, 0.2) is 0 Å². The van der Waals surface area contributed by atoms with Crippen LogP contribution in [0.2, 0.25) is 0 Å². The van der Waals surface area contributed by atoms with Gasteiger partial charge in [0.1, 0.15) is 11.5 Å². The third kappa shape index (κ3) is 4.36. The van der Waals surface area contributed by atoms with Crippen LogP contribution in [0, 0.1) is 0 Å². The number of ether oxygens (including phenoxy) is 1. The van der Waals surface area contributed by atoms with Crippen molar-refractivity contribution in [2.75, 3.05) is 5.75 Å². The largest absolute Gasteiger partial charge is 0.457 e. The van der Waals surface area contributed by atoms with Crippen molar-refractivity contribution >= 4 is 10.0 Å². The number of hydrogen-bond donors (Lipinski definition) is 1. The lowest BCUT2D eigenvalue weighted by Gasteiger charge is -2.08. The average Bonchev–Trinajstić information content (AvgIpc) is 2.47. The SMILES string of the molecule is CCS(=O)(=O)NCc1cccc(Oc2ccccc2)c1. The monoisotopic (exact) mass is 291 g/mol. The normalized spacial score (nSPS) is 11.2. The van der Waals surface area contributed by atoms with E-state index in [2.05, 4.69) is 4.72 Å². The standard InChI is InChI=1S/C15H17NO3S/c1-2-20(17,18)16-12-13-7-6-10-15(11-13)19-14-8-4-3-5-9-14/h3-11,16H,2,12H2,1H3. The summed E-state index contributed by atoms with van der Waals surface area (Å²) >= 11 is 0. The molecule has 5 heteroatoms. The van der Waals surface area contributed by atoms with Gasteiger partial charge in [-0.15, -0.1) is 0 Å². The summed E-state index contributed by atoms with van der Waals surface area (Å²) in [6.07, 6.45) is 0. The summed E-state index contributed by atoms with van der Waals surface area (Å²) in [6.45, 7) is 1.87. The van der Waals surface area contributed by atoms with E-state index in [9.17, 15) is 8.42 Å². The molecule has 0 bridgehead atoms. The second kappa shape index (κ2) is 6.54. The maximum absolute atomic E-state index is 11.4. The van der Waals surface area contributed by atoms with Gasteiger partial charge in [-0.2, -0.15) is 0 Å². The molecular weight excluding hydrogens is 274 g/mol. The van der Waals surface area contributed by atoms with Crippen LogP contribution in [0.4, 0.5) is 0 Å². The number of para-hydroxylation sites is 1. The molecule has 0 radical (unpaired) electrons. The minimum Gasteiger partial charge on any atom is -0.457 e. The van der Waals surface area contributed by atoms with Crippen molar-refractivity contribution in [2.24, 2.45) is 0 Å². The van der Waals surface area contributed by atoms with Gasteiger partial charge in [-0.25, -0.2) is 13.1 Å². The summed E-state index contributed by atoms with van der Waals surface area (Å²) in [5.74, 6) is 1.51. The lowest BCUT2D eigenvalue weighted by molar-refractivity contribution is 0.482. The summed E-state index contributed by atoms with van der Waals surface area (Å²) in [4.78, 5) is 0. The average molecular weight is 291 g/mol. The molecule has 4 nitrogen and oxygen atoms in total. The zero-order chi connectivity index (χ0) is 14.4.